The Hall–Kier alpha value is -1.91. The maximum Gasteiger partial charge on any atom is 0.337 e. The summed E-state index contributed by atoms with van der Waals surface area (Å²) in [5.41, 5.74) is 0.148. The zero-order chi connectivity index (χ0) is 16.9. The van der Waals surface area contributed by atoms with Crippen LogP contribution in [0.4, 0.5) is 5.13 Å². The van der Waals surface area contributed by atoms with Crippen molar-refractivity contribution in [3.8, 4) is 0 Å². The summed E-state index contributed by atoms with van der Waals surface area (Å²) >= 11 is 2.52. The molecule has 0 bridgehead atoms. The Bertz CT molecular complexity index is 817. The van der Waals surface area contributed by atoms with Crippen LogP contribution in [0.15, 0.2) is 46.2 Å². The van der Waals surface area contributed by atoms with Gasteiger partial charge in [-0.25, -0.2) is 13.2 Å². The van der Waals surface area contributed by atoms with Crippen LogP contribution in [0, 0.1) is 0 Å². The number of carbonyl (C=O) groups excluding carboxylic acids is 1. The third-order valence-electron chi connectivity index (χ3n) is 2.52. The molecule has 0 spiro atoms. The Kier molecular flexibility index (Phi) is 5.74. The Balaban J connectivity index is 2.20. The topological polar surface area (TPSA) is 98.3 Å². The second-order valence-electron chi connectivity index (χ2n) is 4.10. The number of ether oxygens (including phenoxy) is 1. The normalized spacial score (nSPS) is 11.0. The standard InChI is InChI=1S/C13H13N3O4S3/c1-3-7-21-13-15-14-12(22-13)16-23(18,19)10-6-4-5-9(8-10)11(17)20-2/h3-6,8H,1,7H2,2H3,(H,14,16). The number of nitrogens with zero attached hydrogens (tertiary/aromatic N) is 2. The number of carbonyl (C=O) groups is 1. The second kappa shape index (κ2) is 7.57. The van der Waals surface area contributed by atoms with Crippen molar-refractivity contribution in [1.29, 1.82) is 0 Å². The van der Waals surface area contributed by atoms with E-state index >= 15 is 0 Å². The predicted molar refractivity (Wildman–Crippen MR) is 89.4 cm³/mol. The van der Waals surface area contributed by atoms with Gasteiger partial charge in [-0.3, -0.25) is 4.72 Å². The van der Waals surface area contributed by atoms with Crippen LogP contribution < -0.4 is 4.72 Å². The molecule has 0 amide bonds. The molecule has 2 aromatic rings. The molecular weight excluding hydrogens is 358 g/mol. The van der Waals surface area contributed by atoms with Crippen LogP contribution in [0.25, 0.3) is 0 Å². The number of hydrogen-bond acceptors (Lipinski definition) is 8. The van der Waals surface area contributed by atoms with Crippen molar-refractivity contribution in [1.82, 2.24) is 10.2 Å². The smallest absolute Gasteiger partial charge is 0.337 e. The van der Waals surface area contributed by atoms with Gasteiger partial charge >= 0.3 is 5.97 Å². The molecule has 0 atom stereocenters. The van der Waals surface area contributed by atoms with Gasteiger partial charge in [0.05, 0.1) is 17.6 Å². The van der Waals surface area contributed by atoms with Gasteiger partial charge in [0.15, 0.2) is 4.34 Å². The third kappa shape index (κ3) is 4.53. The van der Waals surface area contributed by atoms with Crippen molar-refractivity contribution in [2.24, 2.45) is 0 Å². The molecule has 0 radical (unpaired) electrons. The van der Waals surface area contributed by atoms with Gasteiger partial charge in [0.25, 0.3) is 10.0 Å². The lowest BCUT2D eigenvalue weighted by Gasteiger charge is -2.06. The molecule has 1 N–H and O–H groups in total. The molecule has 7 nitrogen and oxygen atoms in total. The lowest BCUT2D eigenvalue weighted by atomic mass is 10.2. The molecule has 23 heavy (non-hydrogen) atoms. The summed E-state index contributed by atoms with van der Waals surface area (Å²) in [4.78, 5) is 11.4. The van der Waals surface area contributed by atoms with E-state index in [0.717, 1.165) is 11.3 Å². The molecule has 0 aliphatic rings. The minimum atomic E-state index is -3.86. The zero-order valence-electron chi connectivity index (χ0n) is 12.1. The summed E-state index contributed by atoms with van der Waals surface area (Å²) in [6.07, 6.45) is 1.72. The van der Waals surface area contributed by atoms with E-state index in [9.17, 15) is 13.2 Å². The van der Waals surface area contributed by atoms with Gasteiger partial charge in [0.2, 0.25) is 5.13 Å². The Morgan fingerprint density at radius 1 is 1.48 bits per heavy atom. The maximum absolute atomic E-state index is 12.3. The Morgan fingerprint density at radius 2 is 2.26 bits per heavy atom. The first kappa shape index (κ1) is 17.4. The van der Waals surface area contributed by atoms with Gasteiger partial charge < -0.3 is 4.74 Å². The molecule has 0 saturated heterocycles. The number of hydrogen-bond donors (Lipinski definition) is 1. The number of thioether (sulfide) groups is 1. The van der Waals surface area contributed by atoms with Gasteiger partial charge in [-0.15, -0.1) is 16.8 Å². The molecule has 122 valence electrons. The number of anilines is 1. The van der Waals surface area contributed by atoms with Crippen LogP contribution in [-0.4, -0.2) is 37.4 Å². The van der Waals surface area contributed by atoms with Crippen molar-refractivity contribution in [2.45, 2.75) is 9.24 Å². The fourth-order valence-corrected chi connectivity index (χ4v) is 4.31. The first-order chi connectivity index (χ1) is 11.0. The number of benzene rings is 1. The Labute approximate surface area is 141 Å². The van der Waals surface area contributed by atoms with Crippen LogP contribution in [0.1, 0.15) is 10.4 Å². The summed E-state index contributed by atoms with van der Waals surface area (Å²) < 4.78 is 32.2. The molecule has 0 saturated carbocycles. The van der Waals surface area contributed by atoms with Gasteiger partial charge in [-0.1, -0.05) is 35.2 Å². The van der Waals surface area contributed by atoms with Gasteiger partial charge in [-0.05, 0) is 18.2 Å². The van der Waals surface area contributed by atoms with Gasteiger partial charge in [-0.2, -0.15) is 0 Å². The fraction of sp³-hybridized carbons (Fsp3) is 0.154. The van der Waals surface area contributed by atoms with Crippen LogP contribution in [0.3, 0.4) is 0 Å². The van der Waals surface area contributed by atoms with Gasteiger partial charge in [0, 0.05) is 5.75 Å². The molecule has 0 aliphatic heterocycles. The molecular formula is C13H13N3O4S3. The average molecular weight is 371 g/mol. The van der Waals surface area contributed by atoms with E-state index in [4.69, 9.17) is 0 Å². The summed E-state index contributed by atoms with van der Waals surface area (Å²) in [6.45, 7) is 3.60. The van der Waals surface area contributed by atoms with Crippen LogP contribution in [-0.2, 0) is 14.8 Å². The number of nitrogens with one attached hydrogen (secondary N) is 1. The molecule has 10 heteroatoms. The van der Waals surface area contributed by atoms with E-state index in [1.807, 2.05) is 0 Å². The number of rotatable bonds is 7. The van der Waals surface area contributed by atoms with Crippen molar-refractivity contribution in [3.63, 3.8) is 0 Å². The highest BCUT2D eigenvalue weighted by Crippen LogP contribution is 2.27. The molecule has 1 heterocycles. The Morgan fingerprint density at radius 3 is 2.96 bits per heavy atom. The van der Waals surface area contributed by atoms with E-state index in [2.05, 4.69) is 26.2 Å². The largest absolute Gasteiger partial charge is 0.465 e. The number of methoxy groups -OCH3 is 1. The monoisotopic (exact) mass is 371 g/mol. The average Bonchev–Trinajstić information content (AvgIpc) is 2.99. The molecule has 1 aromatic heterocycles. The van der Waals surface area contributed by atoms with Crippen molar-refractivity contribution >= 4 is 44.2 Å². The zero-order valence-corrected chi connectivity index (χ0v) is 14.5. The lowest BCUT2D eigenvalue weighted by molar-refractivity contribution is 0.0600. The van der Waals surface area contributed by atoms with Crippen molar-refractivity contribution in [3.05, 3.63) is 42.5 Å². The molecule has 0 fully saturated rings. The van der Waals surface area contributed by atoms with Crippen LogP contribution in [0.2, 0.25) is 0 Å². The maximum atomic E-state index is 12.3. The number of aromatic nitrogens is 2. The van der Waals surface area contributed by atoms with E-state index in [1.165, 1.54) is 43.1 Å². The van der Waals surface area contributed by atoms with Crippen molar-refractivity contribution in [2.75, 3.05) is 17.6 Å². The van der Waals surface area contributed by atoms with Crippen molar-refractivity contribution < 1.29 is 17.9 Å². The highest BCUT2D eigenvalue weighted by Gasteiger charge is 2.19. The highest BCUT2D eigenvalue weighted by atomic mass is 32.2. The minimum absolute atomic E-state index is 0.0594. The summed E-state index contributed by atoms with van der Waals surface area (Å²) in [5, 5.41) is 7.81. The molecule has 1 aromatic carbocycles. The van der Waals surface area contributed by atoms with E-state index in [1.54, 1.807) is 6.08 Å². The van der Waals surface area contributed by atoms with E-state index in [0.29, 0.717) is 10.1 Å². The van der Waals surface area contributed by atoms with Crippen LogP contribution >= 0.6 is 23.1 Å². The first-order valence-corrected chi connectivity index (χ1v) is 9.53. The SMILES string of the molecule is C=CCSc1nnc(NS(=O)(=O)c2cccc(C(=O)OC)c2)s1. The number of sulfonamides is 1. The van der Waals surface area contributed by atoms with E-state index < -0.39 is 16.0 Å². The molecule has 2 rings (SSSR count). The molecule has 0 aliphatic carbocycles. The first-order valence-electron chi connectivity index (χ1n) is 6.24. The molecule has 0 unspecified atom stereocenters. The van der Waals surface area contributed by atoms with E-state index in [-0.39, 0.29) is 15.6 Å². The summed E-state index contributed by atoms with van der Waals surface area (Å²) in [7, 11) is -2.64. The number of esters is 1. The second-order valence-corrected chi connectivity index (χ2v) is 8.02. The minimum Gasteiger partial charge on any atom is -0.465 e. The predicted octanol–water partition coefficient (Wildman–Crippen LogP) is 2.40. The summed E-state index contributed by atoms with van der Waals surface area (Å²) in [6, 6.07) is 5.55. The third-order valence-corrected chi connectivity index (χ3v) is 5.95. The van der Waals surface area contributed by atoms with Crippen LogP contribution in [0.5, 0.6) is 0 Å². The lowest BCUT2D eigenvalue weighted by Crippen LogP contribution is -2.13. The quantitative estimate of drug-likeness (QED) is 0.453. The van der Waals surface area contributed by atoms with Gasteiger partial charge in [0.1, 0.15) is 0 Å². The fourth-order valence-electron chi connectivity index (χ4n) is 1.52. The summed E-state index contributed by atoms with van der Waals surface area (Å²) in [5.74, 6) is 0.0452. The highest BCUT2D eigenvalue weighted by molar-refractivity contribution is 8.01.